The Kier molecular flexibility index (Phi) is 7.97. The predicted molar refractivity (Wildman–Crippen MR) is 94.5 cm³/mol. The minimum absolute atomic E-state index is 0.273. The summed E-state index contributed by atoms with van der Waals surface area (Å²) in [6.07, 6.45) is 7.14. The zero-order chi connectivity index (χ0) is 16.5. The van der Waals surface area contributed by atoms with Crippen molar-refractivity contribution in [3.8, 4) is 5.75 Å². The van der Waals surface area contributed by atoms with Crippen LogP contribution in [0.1, 0.15) is 43.9 Å². The fraction of sp³-hybridized carbons (Fsp3) is 0.500. The summed E-state index contributed by atoms with van der Waals surface area (Å²) >= 11 is 0. The maximum Gasteiger partial charge on any atom is 0.188 e. The van der Waals surface area contributed by atoms with Crippen LogP contribution in [0.2, 0.25) is 0 Å². The topological polar surface area (TPSA) is 18.5 Å². The van der Waals surface area contributed by atoms with E-state index in [2.05, 4.69) is 52.5 Å². The second-order valence-electron chi connectivity index (χ2n) is 6.28. The third-order valence-corrected chi connectivity index (χ3v) is 3.62. The number of benzene rings is 1. The molecule has 0 saturated heterocycles. The number of hydrogen-bond donors (Lipinski definition) is 0. The normalized spacial score (nSPS) is 11.8. The standard InChI is InChI=1S/C20H30O2/c1-7-8-19-12-17(5)18(13-20(19)22-14-21-6)10-9-16(4)11-15(2)3/h7,9,12-13,15H,1,8,10-11,14H2,2-6H3/b16-9+. The Hall–Kier alpha value is -1.54. The molecule has 0 bridgehead atoms. The molecule has 0 saturated carbocycles. The SMILES string of the molecule is C=CCc1cc(C)c(C/C=C(\C)CC(C)C)cc1OCOC. The van der Waals surface area contributed by atoms with Crippen molar-refractivity contribution in [2.75, 3.05) is 13.9 Å². The molecule has 0 aromatic heterocycles. The Morgan fingerprint density at radius 2 is 1.95 bits per heavy atom. The van der Waals surface area contributed by atoms with Crippen LogP contribution in [-0.2, 0) is 17.6 Å². The third kappa shape index (κ3) is 6.07. The van der Waals surface area contributed by atoms with Crippen LogP contribution < -0.4 is 4.74 Å². The zero-order valence-electron chi connectivity index (χ0n) is 14.7. The lowest BCUT2D eigenvalue weighted by Gasteiger charge is -2.14. The van der Waals surface area contributed by atoms with Gasteiger partial charge in [0.15, 0.2) is 6.79 Å². The lowest BCUT2D eigenvalue weighted by atomic mass is 9.97. The second-order valence-corrected chi connectivity index (χ2v) is 6.28. The van der Waals surface area contributed by atoms with E-state index < -0.39 is 0 Å². The smallest absolute Gasteiger partial charge is 0.188 e. The molecule has 2 heteroatoms. The summed E-state index contributed by atoms with van der Waals surface area (Å²) in [4.78, 5) is 0. The van der Waals surface area contributed by atoms with E-state index in [0.717, 1.165) is 30.6 Å². The summed E-state index contributed by atoms with van der Waals surface area (Å²) in [7, 11) is 1.64. The zero-order valence-corrected chi connectivity index (χ0v) is 14.7. The van der Waals surface area contributed by atoms with Crippen molar-refractivity contribution in [1.82, 2.24) is 0 Å². The first kappa shape index (κ1) is 18.5. The molecule has 0 unspecified atom stereocenters. The molecule has 0 spiro atoms. The summed E-state index contributed by atoms with van der Waals surface area (Å²) in [6.45, 7) is 13.0. The summed E-state index contributed by atoms with van der Waals surface area (Å²) in [5.74, 6) is 1.60. The first-order valence-electron chi connectivity index (χ1n) is 7.98. The molecular weight excluding hydrogens is 272 g/mol. The van der Waals surface area contributed by atoms with Gasteiger partial charge in [-0.3, -0.25) is 0 Å². The van der Waals surface area contributed by atoms with E-state index in [4.69, 9.17) is 9.47 Å². The van der Waals surface area contributed by atoms with Gasteiger partial charge in [-0.05, 0) is 61.8 Å². The molecule has 0 heterocycles. The number of allylic oxidation sites excluding steroid dienone is 3. The van der Waals surface area contributed by atoms with Crippen LogP contribution in [0.4, 0.5) is 0 Å². The van der Waals surface area contributed by atoms with Gasteiger partial charge in [-0.2, -0.15) is 0 Å². The Morgan fingerprint density at radius 3 is 2.55 bits per heavy atom. The first-order chi connectivity index (χ1) is 10.5. The van der Waals surface area contributed by atoms with E-state index in [1.165, 1.54) is 16.7 Å². The van der Waals surface area contributed by atoms with E-state index in [-0.39, 0.29) is 6.79 Å². The molecule has 1 aromatic rings. The van der Waals surface area contributed by atoms with Gasteiger partial charge in [0.25, 0.3) is 0 Å². The van der Waals surface area contributed by atoms with Crippen molar-refractivity contribution >= 4 is 0 Å². The predicted octanol–water partition coefficient (Wildman–Crippen LogP) is 5.24. The number of hydrogen-bond acceptors (Lipinski definition) is 2. The maximum atomic E-state index is 5.72. The summed E-state index contributed by atoms with van der Waals surface area (Å²) in [5.41, 5.74) is 5.22. The van der Waals surface area contributed by atoms with Crippen LogP contribution in [-0.4, -0.2) is 13.9 Å². The second kappa shape index (κ2) is 9.47. The Labute approximate surface area is 135 Å². The highest BCUT2D eigenvalue weighted by Gasteiger charge is 2.08. The molecule has 0 radical (unpaired) electrons. The van der Waals surface area contributed by atoms with Crippen LogP contribution in [0.15, 0.2) is 36.4 Å². The highest BCUT2D eigenvalue weighted by molar-refractivity contribution is 5.44. The molecule has 0 atom stereocenters. The van der Waals surface area contributed by atoms with E-state index in [1.54, 1.807) is 7.11 Å². The van der Waals surface area contributed by atoms with Crippen molar-refractivity contribution in [2.45, 2.75) is 47.0 Å². The van der Waals surface area contributed by atoms with Crippen LogP contribution >= 0.6 is 0 Å². The minimum atomic E-state index is 0.273. The molecule has 0 aliphatic heterocycles. The van der Waals surface area contributed by atoms with Gasteiger partial charge in [-0.1, -0.05) is 37.6 Å². The first-order valence-corrected chi connectivity index (χ1v) is 7.98. The fourth-order valence-electron chi connectivity index (χ4n) is 2.59. The molecule has 122 valence electrons. The summed E-state index contributed by atoms with van der Waals surface area (Å²) < 4.78 is 10.7. The summed E-state index contributed by atoms with van der Waals surface area (Å²) in [5, 5.41) is 0. The quantitative estimate of drug-likeness (QED) is 0.458. The van der Waals surface area contributed by atoms with Crippen LogP contribution in [0.25, 0.3) is 0 Å². The van der Waals surface area contributed by atoms with E-state index in [1.807, 2.05) is 6.08 Å². The van der Waals surface area contributed by atoms with Gasteiger partial charge in [0.1, 0.15) is 5.75 Å². The van der Waals surface area contributed by atoms with Gasteiger partial charge < -0.3 is 9.47 Å². The highest BCUT2D eigenvalue weighted by atomic mass is 16.7. The largest absolute Gasteiger partial charge is 0.467 e. The van der Waals surface area contributed by atoms with Crippen molar-refractivity contribution in [2.24, 2.45) is 5.92 Å². The van der Waals surface area contributed by atoms with Gasteiger partial charge in [-0.15, -0.1) is 6.58 Å². The monoisotopic (exact) mass is 302 g/mol. The van der Waals surface area contributed by atoms with Gasteiger partial charge in [0.2, 0.25) is 0 Å². The average Bonchev–Trinajstić information content (AvgIpc) is 2.44. The Balaban J connectivity index is 2.96. The van der Waals surface area contributed by atoms with Gasteiger partial charge in [-0.25, -0.2) is 0 Å². The van der Waals surface area contributed by atoms with E-state index in [9.17, 15) is 0 Å². The molecule has 1 rings (SSSR count). The van der Waals surface area contributed by atoms with Crippen LogP contribution in [0.5, 0.6) is 5.75 Å². The third-order valence-electron chi connectivity index (χ3n) is 3.62. The van der Waals surface area contributed by atoms with Gasteiger partial charge >= 0.3 is 0 Å². The molecule has 0 N–H and O–H groups in total. The summed E-state index contributed by atoms with van der Waals surface area (Å²) in [6, 6.07) is 4.35. The number of rotatable bonds is 9. The van der Waals surface area contributed by atoms with Crippen molar-refractivity contribution in [3.05, 3.63) is 53.1 Å². The molecule has 1 aromatic carbocycles. The van der Waals surface area contributed by atoms with Crippen LogP contribution in [0, 0.1) is 12.8 Å². The highest BCUT2D eigenvalue weighted by Crippen LogP contribution is 2.26. The number of aryl methyl sites for hydroxylation is 1. The average molecular weight is 302 g/mol. The number of methoxy groups -OCH3 is 1. The number of ether oxygens (including phenoxy) is 2. The Bertz CT molecular complexity index is 513. The molecule has 2 nitrogen and oxygen atoms in total. The molecule has 0 aliphatic carbocycles. The molecular formula is C20H30O2. The molecule has 22 heavy (non-hydrogen) atoms. The lowest BCUT2D eigenvalue weighted by Crippen LogP contribution is -2.03. The van der Waals surface area contributed by atoms with Crippen molar-refractivity contribution < 1.29 is 9.47 Å². The van der Waals surface area contributed by atoms with Gasteiger partial charge in [0, 0.05) is 7.11 Å². The molecule has 0 fully saturated rings. The van der Waals surface area contributed by atoms with Gasteiger partial charge in [0.05, 0.1) is 0 Å². The van der Waals surface area contributed by atoms with Crippen molar-refractivity contribution in [3.63, 3.8) is 0 Å². The lowest BCUT2D eigenvalue weighted by molar-refractivity contribution is 0.0504. The maximum absolute atomic E-state index is 5.72. The van der Waals surface area contributed by atoms with Crippen molar-refractivity contribution in [1.29, 1.82) is 0 Å². The minimum Gasteiger partial charge on any atom is -0.467 e. The van der Waals surface area contributed by atoms with E-state index >= 15 is 0 Å². The van der Waals surface area contributed by atoms with Crippen LogP contribution in [0.3, 0.4) is 0 Å². The fourth-order valence-corrected chi connectivity index (χ4v) is 2.59. The molecule has 0 aliphatic rings. The van der Waals surface area contributed by atoms with E-state index in [0.29, 0.717) is 5.92 Å². The molecule has 0 amide bonds. The Morgan fingerprint density at radius 1 is 1.23 bits per heavy atom.